The third kappa shape index (κ3) is 4.85. The van der Waals surface area contributed by atoms with E-state index in [2.05, 4.69) is 15.0 Å². The summed E-state index contributed by atoms with van der Waals surface area (Å²) in [6, 6.07) is 3.92. The van der Waals surface area contributed by atoms with Crippen LogP contribution in [0.25, 0.3) is 17.2 Å². The van der Waals surface area contributed by atoms with Crippen LogP contribution in [0.1, 0.15) is 16.8 Å². The first kappa shape index (κ1) is 23.6. The molecule has 2 fully saturated rings. The van der Waals surface area contributed by atoms with E-state index in [1.165, 1.54) is 0 Å². The number of aromatic nitrogens is 3. The molecule has 35 heavy (non-hydrogen) atoms. The molecule has 3 aromatic rings. The third-order valence-electron chi connectivity index (χ3n) is 5.92. The van der Waals surface area contributed by atoms with Crippen LogP contribution in [0.4, 0.5) is 8.78 Å². The second-order valence-electron chi connectivity index (χ2n) is 8.28. The molecule has 12 heteroatoms. The largest absolute Gasteiger partial charge is 0.478 e. The lowest BCUT2D eigenvalue weighted by Gasteiger charge is -2.15. The average Bonchev–Trinajstić information content (AvgIpc) is 3.48. The highest BCUT2D eigenvalue weighted by Crippen LogP contribution is 2.30. The number of hydrogen-bond donors (Lipinski definition) is 3. The number of aryl methyl sites for hydroxylation is 1. The van der Waals surface area contributed by atoms with Gasteiger partial charge in [-0.2, -0.15) is 4.98 Å². The molecule has 0 saturated carbocycles. The molecule has 0 radical (unpaired) electrons. The van der Waals surface area contributed by atoms with Gasteiger partial charge in [0.25, 0.3) is 6.01 Å². The molecule has 0 bridgehead atoms. The fourth-order valence-corrected chi connectivity index (χ4v) is 4.47. The Kier molecular flexibility index (Phi) is 6.41. The minimum absolute atomic E-state index is 0.0191. The van der Waals surface area contributed by atoms with Gasteiger partial charge in [-0.25, -0.2) is 18.6 Å². The van der Waals surface area contributed by atoms with Gasteiger partial charge in [-0.15, -0.1) is 0 Å². The van der Waals surface area contributed by atoms with Crippen molar-refractivity contribution >= 4 is 34.8 Å². The molecule has 0 aliphatic carbocycles. The van der Waals surface area contributed by atoms with E-state index in [4.69, 9.17) is 30.9 Å². The number of imidazole rings is 1. The molecule has 0 amide bonds. The Balaban J connectivity index is 1.30. The quantitative estimate of drug-likeness (QED) is 0.417. The lowest BCUT2D eigenvalue weighted by Crippen LogP contribution is -2.34. The zero-order valence-corrected chi connectivity index (χ0v) is 18.8. The van der Waals surface area contributed by atoms with Gasteiger partial charge in [0.2, 0.25) is 0 Å². The molecular formula is C23H20ClF2N3O6. The molecule has 2 aliphatic heterocycles. The molecule has 2 aliphatic rings. The van der Waals surface area contributed by atoms with Crippen LogP contribution in [0.5, 0.6) is 6.01 Å². The van der Waals surface area contributed by atoms with Crippen LogP contribution in [0.15, 0.2) is 24.3 Å². The summed E-state index contributed by atoms with van der Waals surface area (Å²) in [6.45, 7) is 0.420. The van der Waals surface area contributed by atoms with Crippen molar-refractivity contribution in [3.8, 4) is 6.01 Å². The monoisotopic (exact) mass is 507 g/mol. The van der Waals surface area contributed by atoms with Crippen molar-refractivity contribution in [3.05, 3.63) is 57.8 Å². The normalized spacial score (nSPS) is 23.9. The van der Waals surface area contributed by atoms with Gasteiger partial charge in [-0.05, 0) is 42.7 Å². The van der Waals surface area contributed by atoms with Gasteiger partial charge in [-0.1, -0.05) is 11.6 Å². The number of hydrogen-bond acceptors (Lipinski definition) is 7. The number of aliphatic hydroxyl groups excluding tert-OH is 1. The van der Waals surface area contributed by atoms with E-state index in [0.717, 1.165) is 24.3 Å². The zero-order valence-electron chi connectivity index (χ0n) is 18.1. The molecule has 184 valence electrons. The summed E-state index contributed by atoms with van der Waals surface area (Å²) in [5, 5.41) is 18.8. The molecule has 2 saturated heterocycles. The number of nitrogens with zero attached hydrogens (tertiary/aromatic N) is 2. The van der Waals surface area contributed by atoms with Crippen molar-refractivity contribution in [2.75, 3.05) is 13.2 Å². The molecule has 3 N–H and O–H groups in total. The molecule has 5 rings (SSSR count). The number of carboxylic acids is 1. The number of pyridine rings is 1. The van der Waals surface area contributed by atoms with Crippen LogP contribution in [0.2, 0.25) is 5.02 Å². The first-order chi connectivity index (χ1) is 16.8. The molecule has 0 spiro atoms. The number of halogens is 3. The van der Waals surface area contributed by atoms with Crippen molar-refractivity contribution in [3.63, 3.8) is 0 Å². The van der Waals surface area contributed by atoms with E-state index in [0.29, 0.717) is 21.9 Å². The summed E-state index contributed by atoms with van der Waals surface area (Å²) in [6.07, 6.45) is 0.0489. The minimum atomic E-state index is -1.22. The average molecular weight is 508 g/mol. The Bertz CT molecular complexity index is 1290. The van der Waals surface area contributed by atoms with E-state index >= 15 is 0 Å². The smallest absolute Gasteiger partial charge is 0.328 e. The van der Waals surface area contributed by atoms with Crippen molar-refractivity contribution in [2.45, 2.75) is 37.3 Å². The molecule has 4 heterocycles. The molecule has 0 unspecified atom stereocenters. The van der Waals surface area contributed by atoms with Gasteiger partial charge in [0.05, 0.1) is 29.4 Å². The van der Waals surface area contributed by atoms with Crippen molar-refractivity contribution in [2.24, 2.45) is 0 Å². The summed E-state index contributed by atoms with van der Waals surface area (Å²) in [5.41, 5.74) is 1.18. The molecule has 2 aromatic heterocycles. The predicted molar refractivity (Wildman–Crippen MR) is 119 cm³/mol. The van der Waals surface area contributed by atoms with Crippen LogP contribution in [-0.4, -0.2) is 68.8 Å². The van der Waals surface area contributed by atoms with Crippen molar-refractivity contribution < 1.29 is 38.0 Å². The summed E-state index contributed by atoms with van der Waals surface area (Å²) in [5.74, 6) is -2.80. The van der Waals surface area contributed by atoms with Gasteiger partial charge in [0.15, 0.2) is 11.8 Å². The van der Waals surface area contributed by atoms with E-state index < -0.39 is 42.0 Å². The summed E-state index contributed by atoms with van der Waals surface area (Å²) in [4.78, 5) is 22.3. The van der Waals surface area contributed by atoms with Gasteiger partial charge >= 0.3 is 5.97 Å². The number of rotatable bonds is 7. The lowest BCUT2D eigenvalue weighted by molar-refractivity contribution is -0.131. The number of H-pyrrole nitrogens is 1. The zero-order chi connectivity index (χ0) is 24.7. The summed E-state index contributed by atoms with van der Waals surface area (Å²) < 4.78 is 45.9. The number of aliphatic hydroxyl groups is 1. The van der Waals surface area contributed by atoms with Crippen LogP contribution in [0.3, 0.4) is 0 Å². The lowest BCUT2D eigenvalue weighted by atomic mass is 10.0. The van der Waals surface area contributed by atoms with Crippen LogP contribution >= 0.6 is 11.6 Å². The number of aliphatic carboxylic acids is 1. The second kappa shape index (κ2) is 9.50. The number of aromatic amines is 1. The number of nitrogens with one attached hydrogen (secondary N) is 1. The fourth-order valence-electron chi connectivity index (χ4n) is 4.22. The molecule has 9 nitrogen and oxygen atoms in total. The Labute approximate surface area is 202 Å². The van der Waals surface area contributed by atoms with Crippen molar-refractivity contribution in [1.29, 1.82) is 0 Å². The Morgan fingerprint density at radius 3 is 2.66 bits per heavy atom. The van der Waals surface area contributed by atoms with Gasteiger partial charge in [-0.3, -0.25) is 0 Å². The highest BCUT2D eigenvalue weighted by molar-refractivity contribution is 6.31. The van der Waals surface area contributed by atoms with E-state index in [9.17, 15) is 18.7 Å². The van der Waals surface area contributed by atoms with Crippen LogP contribution in [-0.2, 0) is 27.1 Å². The molecular weight excluding hydrogens is 488 g/mol. The Hall–Kier alpha value is -3.12. The SMILES string of the molecule is O=C(O)/C=C/c1cc(F)c(CCc2nc3nc(O[C@@H]4CO[C@H]5[C@@H]4OC[C@H]5O)[nH]c3cc2Cl)c(F)c1. The Morgan fingerprint density at radius 1 is 1.17 bits per heavy atom. The highest BCUT2D eigenvalue weighted by atomic mass is 35.5. The van der Waals surface area contributed by atoms with Gasteiger partial charge < -0.3 is 29.4 Å². The molecule has 4 atom stereocenters. The first-order valence-electron chi connectivity index (χ1n) is 10.8. The maximum Gasteiger partial charge on any atom is 0.328 e. The van der Waals surface area contributed by atoms with E-state index in [1.807, 2.05) is 0 Å². The minimum Gasteiger partial charge on any atom is -0.478 e. The third-order valence-corrected chi connectivity index (χ3v) is 6.24. The topological polar surface area (TPSA) is 127 Å². The number of fused-ring (bicyclic) bond motifs is 2. The maximum absolute atomic E-state index is 14.5. The van der Waals surface area contributed by atoms with Crippen molar-refractivity contribution in [1.82, 2.24) is 15.0 Å². The van der Waals surface area contributed by atoms with Gasteiger partial charge in [0.1, 0.15) is 29.9 Å². The first-order valence-corrected chi connectivity index (χ1v) is 11.2. The maximum atomic E-state index is 14.5. The highest BCUT2D eigenvalue weighted by Gasteiger charge is 2.48. The Morgan fingerprint density at radius 2 is 1.91 bits per heavy atom. The molecule has 1 aromatic carbocycles. The van der Waals surface area contributed by atoms with Crippen LogP contribution in [0, 0.1) is 11.6 Å². The number of benzene rings is 1. The standard InChI is InChI=1S/C23H20ClF2N3O6/c24-12-7-16-22(29-23(28-16)35-18-9-34-20-17(30)8-33-21(18)20)27-15(12)3-2-11-13(25)5-10(6-14(11)26)1-4-19(31)32/h1,4-7,17-18,20-21,30H,2-3,8-9H2,(H,31,32)(H,27,28,29)/b4-1+/t17-,18-,20-,21-/m1/s1. The number of carbonyl (C=O) groups is 1. The number of ether oxygens (including phenoxy) is 3. The summed E-state index contributed by atoms with van der Waals surface area (Å²) >= 11 is 6.34. The predicted octanol–water partition coefficient (Wildman–Crippen LogP) is 2.68. The number of carboxylic acid groups (broad SMARTS) is 1. The van der Waals surface area contributed by atoms with Crippen LogP contribution < -0.4 is 4.74 Å². The van der Waals surface area contributed by atoms with E-state index in [-0.39, 0.29) is 43.2 Å². The second-order valence-corrected chi connectivity index (χ2v) is 8.69. The van der Waals surface area contributed by atoms with E-state index in [1.54, 1.807) is 6.07 Å². The van der Waals surface area contributed by atoms with Gasteiger partial charge in [0, 0.05) is 11.6 Å². The fraction of sp³-hybridized carbons (Fsp3) is 0.348. The summed E-state index contributed by atoms with van der Waals surface area (Å²) in [7, 11) is 0.